The number of rotatable bonds is 5. The smallest absolute Gasteiger partial charge is 0.0663 e. The predicted molar refractivity (Wildman–Crippen MR) is 80.1 cm³/mol. The van der Waals surface area contributed by atoms with Crippen molar-refractivity contribution in [1.29, 1.82) is 0 Å². The van der Waals surface area contributed by atoms with Gasteiger partial charge >= 0.3 is 0 Å². The largest absolute Gasteiger partial charge is 0.313 e. The van der Waals surface area contributed by atoms with E-state index in [1.54, 1.807) is 0 Å². The molecule has 0 fully saturated rings. The Labute approximate surface area is 119 Å². The Morgan fingerprint density at radius 2 is 2.11 bits per heavy atom. The zero-order chi connectivity index (χ0) is 13.8. The Balaban J connectivity index is 2.38. The summed E-state index contributed by atoms with van der Waals surface area (Å²) in [5.74, 6) is 0. The molecule has 0 aliphatic rings. The molecule has 1 heterocycles. The molecule has 0 radical (unpaired) electrons. The van der Waals surface area contributed by atoms with Crippen LogP contribution in [0.25, 0.3) is 5.69 Å². The normalized spacial score (nSPS) is 10.9. The molecule has 1 aromatic carbocycles. The molecule has 102 valence electrons. The molecule has 0 unspecified atom stereocenters. The Bertz CT molecular complexity index is 561. The van der Waals surface area contributed by atoms with Crippen molar-refractivity contribution < 1.29 is 0 Å². The minimum Gasteiger partial charge on any atom is -0.313 e. The molecule has 0 bridgehead atoms. The molecule has 1 N–H and O–H groups in total. The summed E-state index contributed by atoms with van der Waals surface area (Å²) in [7, 11) is 0. The summed E-state index contributed by atoms with van der Waals surface area (Å²) in [5.41, 5.74) is 4.60. The van der Waals surface area contributed by atoms with Crippen molar-refractivity contribution in [3.8, 4) is 5.69 Å². The summed E-state index contributed by atoms with van der Waals surface area (Å²) < 4.78 is 1.98. The van der Waals surface area contributed by atoms with E-state index in [4.69, 9.17) is 11.6 Å². The van der Waals surface area contributed by atoms with Crippen LogP contribution < -0.4 is 5.32 Å². The minimum absolute atomic E-state index is 0.781. The fraction of sp³-hybridized carbons (Fsp3) is 0.400. The van der Waals surface area contributed by atoms with Gasteiger partial charge in [0.1, 0.15) is 0 Å². The van der Waals surface area contributed by atoms with Crippen molar-refractivity contribution in [3.05, 3.63) is 46.2 Å². The van der Waals surface area contributed by atoms with Gasteiger partial charge in [0, 0.05) is 22.8 Å². The monoisotopic (exact) mass is 277 g/mol. The molecule has 0 saturated carbocycles. The van der Waals surface area contributed by atoms with Crippen LogP contribution in [0, 0.1) is 6.92 Å². The van der Waals surface area contributed by atoms with E-state index in [1.807, 2.05) is 29.9 Å². The highest BCUT2D eigenvalue weighted by Gasteiger charge is 2.10. The van der Waals surface area contributed by atoms with E-state index in [0.29, 0.717) is 0 Å². The van der Waals surface area contributed by atoms with Gasteiger partial charge in [-0.05, 0) is 37.6 Å². The lowest BCUT2D eigenvalue weighted by Gasteiger charge is -2.09. The number of nitrogens with zero attached hydrogens (tertiary/aromatic N) is 2. The molecule has 4 heteroatoms. The summed E-state index contributed by atoms with van der Waals surface area (Å²) in [5, 5.41) is 8.62. The molecule has 2 rings (SSSR count). The highest BCUT2D eigenvalue weighted by Crippen LogP contribution is 2.21. The second-order valence-corrected chi connectivity index (χ2v) is 5.00. The number of aryl methyl sites for hydroxylation is 1. The van der Waals surface area contributed by atoms with Gasteiger partial charge in [0.05, 0.1) is 11.9 Å². The summed E-state index contributed by atoms with van der Waals surface area (Å²) in [6.45, 7) is 8.09. The van der Waals surface area contributed by atoms with Crippen LogP contribution in [0.5, 0.6) is 0 Å². The minimum atomic E-state index is 0.781. The fourth-order valence-electron chi connectivity index (χ4n) is 2.13. The first-order valence-electron chi connectivity index (χ1n) is 6.70. The maximum atomic E-state index is 6.20. The summed E-state index contributed by atoms with van der Waals surface area (Å²) in [6.07, 6.45) is 2.89. The molecular weight excluding hydrogens is 258 g/mol. The molecule has 0 aliphatic heterocycles. The number of benzene rings is 1. The zero-order valence-electron chi connectivity index (χ0n) is 11.7. The lowest BCUT2D eigenvalue weighted by atomic mass is 10.2. The van der Waals surface area contributed by atoms with Gasteiger partial charge < -0.3 is 5.32 Å². The quantitative estimate of drug-likeness (QED) is 0.906. The van der Waals surface area contributed by atoms with Gasteiger partial charge in [-0.15, -0.1) is 0 Å². The van der Waals surface area contributed by atoms with Crippen LogP contribution in [0.3, 0.4) is 0 Å². The number of halogens is 1. The van der Waals surface area contributed by atoms with E-state index in [9.17, 15) is 0 Å². The van der Waals surface area contributed by atoms with Crippen molar-refractivity contribution in [3.63, 3.8) is 0 Å². The summed E-state index contributed by atoms with van der Waals surface area (Å²) in [6, 6.07) is 6.06. The maximum Gasteiger partial charge on any atom is 0.0663 e. The number of hydrogen-bond acceptors (Lipinski definition) is 2. The van der Waals surface area contributed by atoms with E-state index in [0.717, 1.165) is 35.8 Å². The van der Waals surface area contributed by atoms with E-state index in [2.05, 4.69) is 30.3 Å². The molecule has 0 aliphatic carbocycles. The average Bonchev–Trinajstić information content (AvgIpc) is 2.82. The second-order valence-electron chi connectivity index (χ2n) is 4.60. The molecule has 3 nitrogen and oxygen atoms in total. The van der Waals surface area contributed by atoms with Gasteiger partial charge in [0.2, 0.25) is 0 Å². The first-order chi connectivity index (χ1) is 9.17. The van der Waals surface area contributed by atoms with Crippen LogP contribution in [-0.2, 0) is 13.0 Å². The Hall–Kier alpha value is -1.32. The highest BCUT2D eigenvalue weighted by atomic mass is 35.5. The molecule has 19 heavy (non-hydrogen) atoms. The number of nitrogens with one attached hydrogen (secondary N) is 1. The topological polar surface area (TPSA) is 29.9 Å². The Morgan fingerprint density at radius 1 is 1.32 bits per heavy atom. The van der Waals surface area contributed by atoms with Crippen LogP contribution in [0.15, 0.2) is 24.4 Å². The SMILES string of the molecule is CCNCc1cnn(-c2ccc(C)c(Cl)c2)c1CC. The molecule has 0 spiro atoms. The second kappa shape index (κ2) is 6.22. The van der Waals surface area contributed by atoms with E-state index in [1.165, 1.54) is 11.3 Å². The molecule has 0 saturated heterocycles. The van der Waals surface area contributed by atoms with Gasteiger partial charge in [-0.1, -0.05) is 31.5 Å². The van der Waals surface area contributed by atoms with Crippen molar-refractivity contribution >= 4 is 11.6 Å². The van der Waals surface area contributed by atoms with E-state index < -0.39 is 0 Å². The predicted octanol–water partition coefficient (Wildman–Crippen LogP) is 3.51. The lowest BCUT2D eigenvalue weighted by molar-refractivity contribution is 0.716. The van der Waals surface area contributed by atoms with Gasteiger partial charge in [0.15, 0.2) is 0 Å². The molecular formula is C15H20ClN3. The zero-order valence-corrected chi connectivity index (χ0v) is 12.5. The lowest BCUT2D eigenvalue weighted by Crippen LogP contribution is -2.13. The third kappa shape index (κ3) is 2.99. The fourth-order valence-corrected chi connectivity index (χ4v) is 2.30. The first kappa shape index (κ1) is 14.1. The van der Waals surface area contributed by atoms with Crippen LogP contribution in [0.2, 0.25) is 5.02 Å². The third-order valence-corrected chi connectivity index (χ3v) is 3.66. The van der Waals surface area contributed by atoms with E-state index >= 15 is 0 Å². The van der Waals surface area contributed by atoms with Crippen molar-refractivity contribution in [2.24, 2.45) is 0 Å². The molecule has 1 aromatic heterocycles. The van der Waals surface area contributed by atoms with Crippen LogP contribution in [-0.4, -0.2) is 16.3 Å². The molecule has 0 amide bonds. The first-order valence-corrected chi connectivity index (χ1v) is 7.08. The number of hydrogen-bond donors (Lipinski definition) is 1. The van der Waals surface area contributed by atoms with Crippen LogP contribution >= 0.6 is 11.6 Å². The van der Waals surface area contributed by atoms with Crippen LogP contribution in [0.4, 0.5) is 0 Å². The average molecular weight is 278 g/mol. The van der Waals surface area contributed by atoms with Gasteiger partial charge in [-0.25, -0.2) is 4.68 Å². The van der Waals surface area contributed by atoms with Gasteiger partial charge in [0.25, 0.3) is 0 Å². The molecule has 0 atom stereocenters. The standard InChI is InChI=1S/C15H20ClN3/c1-4-15-12(9-17-5-2)10-18-19(15)13-7-6-11(3)14(16)8-13/h6-8,10,17H,4-5,9H2,1-3H3. The number of aromatic nitrogens is 2. The summed E-state index contributed by atoms with van der Waals surface area (Å²) in [4.78, 5) is 0. The third-order valence-electron chi connectivity index (χ3n) is 3.26. The van der Waals surface area contributed by atoms with Crippen molar-refractivity contribution in [2.75, 3.05) is 6.54 Å². The highest BCUT2D eigenvalue weighted by molar-refractivity contribution is 6.31. The van der Waals surface area contributed by atoms with Gasteiger partial charge in [-0.3, -0.25) is 0 Å². The molecule has 2 aromatic rings. The Morgan fingerprint density at radius 3 is 2.74 bits per heavy atom. The van der Waals surface area contributed by atoms with Crippen LogP contribution in [0.1, 0.15) is 30.7 Å². The Kier molecular flexibility index (Phi) is 4.61. The maximum absolute atomic E-state index is 6.20. The summed E-state index contributed by atoms with van der Waals surface area (Å²) >= 11 is 6.20. The van der Waals surface area contributed by atoms with Gasteiger partial charge in [-0.2, -0.15) is 5.10 Å². The van der Waals surface area contributed by atoms with E-state index in [-0.39, 0.29) is 0 Å². The van der Waals surface area contributed by atoms with Crippen molar-refractivity contribution in [1.82, 2.24) is 15.1 Å². The van der Waals surface area contributed by atoms with Crippen molar-refractivity contribution in [2.45, 2.75) is 33.7 Å².